The molecule has 3 aromatic rings. The van der Waals surface area contributed by atoms with Crippen molar-refractivity contribution in [2.24, 2.45) is 4.99 Å². The molecule has 0 saturated heterocycles. The highest BCUT2D eigenvalue weighted by Gasteiger charge is 2.22. The first-order valence-corrected chi connectivity index (χ1v) is 8.93. The van der Waals surface area contributed by atoms with Crippen LogP contribution in [0.5, 0.6) is 5.75 Å². The normalized spacial score (nSPS) is 14.9. The van der Waals surface area contributed by atoms with Gasteiger partial charge >= 0.3 is 0 Å². The SMILES string of the molecule is Clc1ccc2c(c1Cl)CN=C(c1ccc3c(c1)CCO3)c1cccn1-2. The summed E-state index contributed by atoms with van der Waals surface area (Å²) in [6.07, 6.45) is 2.98. The number of halogens is 2. The summed E-state index contributed by atoms with van der Waals surface area (Å²) in [5.74, 6) is 0.978. The predicted octanol–water partition coefficient (Wildman–Crippen LogP) is 5.07. The molecule has 5 heteroatoms. The molecule has 0 atom stereocenters. The van der Waals surface area contributed by atoms with Crippen molar-refractivity contribution in [1.29, 1.82) is 0 Å². The molecule has 0 spiro atoms. The average molecular weight is 369 g/mol. The van der Waals surface area contributed by atoms with Crippen molar-refractivity contribution in [2.45, 2.75) is 13.0 Å². The van der Waals surface area contributed by atoms with Gasteiger partial charge in [-0.3, -0.25) is 4.99 Å². The molecule has 124 valence electrons. The summed E-state index contributed by atoms with van der Waals surface area (Å²) in [7, 11) is 0. The van der Waals surface area contributed by atoms with E-state index < -0.39 is 0 Å². The Morgan fingerprint density at radius 1 is 1.08 bits per heavy atom. The van der Waals surface area contributed by atoms with Crippen LogP contribution in [0.25, 0.3) is 5.69 Å². The topological polar surface area (TPSA) is 26.5 Å². The highest BCUT2D eigenvalue weighted by Crippen LogP contribution is 2.35. The number of fused-ring (bicyclic) bond motifs is 4. The van der Waals surface area contributed by atoms with E-state index in [0.717, 1.165) is 47.0 Å². The fourth-order valence-corrected chi connectivity index (χ4v) is 3.95. The van der Waals surface area contributed by atoms with Crippen molar-refractivity contribution in [3.05, 3.63) is 81.1 Å². The van der Waals surface area contributed by atoms with E-state index in [2.05, 4.69) is 22.8 Å². The van der Waals surface area contributed by atoms with Crippen molar-refractivity contribution in [3.63, 3.8) is 0 Å². The Kier molecular flexibility index (Phi) is 3.40. The molecule has 0 fully saturated rings. The second-order valence-electron chi connectivity index (χ2n) is 6.21. The van der Waals surface area contributed by atoms with Gasteiger partial charge in [0.15, 0.2) is 0 Å². The standard InChI is InChI=1S/C20H14Cl2N2O/c21-15-4-5-16-14(19(15)22)11-23-20(17-2-1-8-24(16)17)13-3-6-18-12(10-13)7-9-25-18/h1-6,8,10H,7,9,11H2. The Morgan fingerprint density at radius 3 is 2.92 bits per heavy atom. The summed E-state index contributed by atoms with van der Waals surface area (Å²) < 4.78 is 7.75. The molecular formula is C20H14Cl2N2O. The number of rotatable bonds is 1. The van der Waals surface area contributed by atoms with Gasteiger partial charge in [-0.05, 0) is 48.0 Å². The van der Waals surface area contributed by atoms with Crippen molar-refractivity contribution < 1.29 is 4.74 Å². The van der Waals surface area contributed by atoms with Gasteiger partial charge in [0.25, 0.3) is 0 Å². The van der Waals surface area contributed by atoms with E-state index in [1.165, 1.54) is 5.56 Å². The maximum absolute atomic E-state index is 6.46. The van der Waals surface area contributed by atoms with Crippen LogP contribution in [0.3, 0.4) is 0 Å². The van der Waals surface area contributed by atoms with E-state index in [1.54, 1.807) is 0 Å². The van der Waals surface area contributed by atoms with Crippen LogP contribution in [-0.2, 0) is 13.0 Å². The molecule has 2 aromatic carbocycles. The second-order valence-corrected chi connectivity index (χ2v) is 6.99. The summed E-state index contributed by atoms with van der Waals surface area (Å²) in [4.78, 5) is 4.89. The van der Waals surface area contributed by atoms with Gasteiger partial charge in [-0.2, -0.15) is 0 Å². The summed E-state index contributed by atoms with van der Waals surface area (Å²) in [5.41, 5.74) is 6.32. The van der Waals surface area contributed by atoms with E-state index in [1.807, 2.05) is 30.5 Å². The van der Waals surface area contributed by atoms with Crippen LogP contribution in [0.4, 0.5) is 0 Å². The smallest absolute Gasteiger partial charge is 0.122 e. The minimum Gasteiger partial charge on any atom is -0.493 e. The van der Waals surface area contributed by atoms with Gasteiger partial charge in [0.05, 0.1) is 40.3 Å². The molecule has 3 nitrogen and oxygen atoms in total. The number of aliphatic imine (C=N–C) groups is 1. The van der Waals surface area contributed by atoms with Gasteiger partial charge in [0.2, 0.25) is 0 Å². The first-order chi connectivity index (χ1) is 12.2. The number of hydrogen-bond donors (Lipinski definition) is 0. The lowest BCUT2D eigenvalue weighted by Gasteiger charge is -2.12. The van der Waals surface area contributed by atoms with Gasteiger partial charge in [-0.25, -0.2) is 0 Å². The Labute approximate surface area is 155 Å². The summed E-state index contributed by atoms with van der Waals surface area (Å²) >= 11 is 12.7. The van der Waals surface area contributed by atoms with Crippen LogP contribution >= 0.6 is 23.2 Å². The third-order valence-electron chi connectivity index (χ3n) is 4.78. The molecular weight excluding hydrogens is 355 g/mol. The minimum absolute atomic E-state index is 0.499. The van der Waals surface area contributed by atoms with Gasteiger partial charge in [0.1, 0.15) is 5.75 Å². The van der Waals surface area contributed by atoms with Crippen molar-refractivity contribution in [1.82, 2.24) is 4.57 Å². The molecule has 0 bridgehead atoms. The van der Waals surface area contributed by atoms with Crippen molar-refractivity contribution in [2.75, 3.05) is 6.61 Å². The molecule has 0 aliphatic carbocycles. The molecule has 2 aliphatic heterocycles. The maximum Gasteiger partial charge on any atom is 0.122 e. The fourth-order valence-electron chi connectivity index (χ4n) is 3.55. The molecule has 3 heterocycles. The summed E-state index contributed by atoms with van der Waals surface area (Å²) in [5, 5.41) is 1.13. The van der Waals surface area contributed by atoms with Crippen molar-refractivity contribution in [3.8, 4) is 11.4 Å². The van der Waals surface area contributed by atoms with Gasteiger partial charge in [-0.1, -0.05) is 23.2 Å². The molecule has 0 unspecified atom stereocenters. The highest BCUT2D eigenvalue weighted by molar-refractivity contribution is 6.42. The first-order valence-electron chi connectivity index (χ1n) is 8.18. The Hall–Kier alpha value is -2.23. The minimum atomic E-state index is 0.499. The number of benzene rings is 2. The van der Waals surface area contributed by atoms with E-state index >= 15 is 0 Å². The lowest BCUT2D eigenvalue weighted by molar-refractivity contribution is 0.357. The largest absolute Gasteiger partial charge is 0.493 e. The predicted molar refractivity (Wildman–Crippen MR) is 101 cm³/mol. The average Bonchev–Trinajstić information content (AvgIpc) is 3.25. The highest BCUT2D eigenvalue weighted by atomic mass is 35.5. The monoisotopic (exact) mass is 368 g/mol. The summed E-state index contributed by atoms with van der Waals surface area (Å²) in [6, 6.07) is 14.2. The Morgan fingerprint density at radius 2 is 2.00 bits per heavy atom. The number of ether oxygens (including phenoxy) is 1. The van der Waals surface area contributed by atoms with Gasteiger partial charge in [0, 0.05) is 23.7 Å². The zero-order valence-electron chi connectivity index (χ0n) is 13.3. The van der Waals surface area contributed by atoms with Crippen molar-refractivity contribution >= 4 is 28.9 Å². The molecule has 0 saturated carbocycles. The second kappa shape index (κ2) is 5.65. The zero-order chi connectivity index (χ0) is 17.0. The van der Waals surface area contributed by atoms with E-state index in [-0.39, 0.29) is 0 Å². The zero-order valence-corrected chi connectivity index (χ0v) is 14.8. The first kappa shape index (κ1) is 15.1. The molecule has 0 radical (unpaired) electrons. The molecule has 25 heavy (non-hydrogen) atoms. The van der Waals surface area contributed by atoms with Crippen LogP contribution < -0.4 is 4.74 Å². The fraction of sp³-hybridized carbons (Fsp3) is 0.150. The van der Waals surface area contributed by atoms with Crippen LogP contribution in [0.1, 0.15) is 22.4 Å². The van der Waals surface area contributed by atoms with Crippen LogP contribution in [0, 0.1) is 0 Å². The Bertz CT molecular complexity index is 1040. The third kappa shape index (κ3) is 2.30. The molecule has 0 N–H and O–H groups in total. The summed E-state index contributed by atoms with van der Waals surface area (Å²) in [6.45, 7) is 1.25. The van der Waals surface area contributed by atoms with E-state index in [4.69, 9.17) is 32.9 Å². The lowest BCUT2D eigenvalue weighted by Crippen LogP contribution is -2.08. The van der Waals surface area contributed by atoms with Crippen LogP contribution in [0.15, 0.2) is 53.7 Å². The number of nitrogens with zero attached hydrogens (tertiary/aromatic N) is 2. The molecule has 2 aliphatic rings. The van der Waals surface area contributed by atoms with E-state index in [0.29, 0.717) is 16.6 Å². The quantitative estimate of drug-likeness (QED) is 0.588. The molecule has 1 aromatic heterocycles. The molecule has 5 rings (SSSR count). The maximum atomic E-state index is 6.46. The van der Waals surface area contributed by atoms with Crippen LogP contribution in [0.2, 0.25) is 10.0 Å². The van der Waals surface area contributed by atoms with Gasteiger partial charge < -0.3 is 9.30 Å². The van der Waals surface area contributed by atoms with E-state index in [9.17, 15) is 0 Å². The van der Waals surface area contributed by atoms with Crippen LogP contribution in [-0.4, -0.2) is 16.9 Å². The lowest BCUT2D eigenvalue weighted by atomic mass is 10.0. The van der Waals surface area contributed by atoms with Gasteiger partial charge in [-0.15, -0.1) is 0 Å². The molecule has 0 amide bonds. The number of hydrogen-bond acceptors (Lipinski definition) is 2. The third-order valence-corrected chi connectivity index (χ3v) is 5.62. The Balaban J connectivity index is 1.70. The number of aromatic nitrogens is 1.